The summed E-state index contributed by atoms with van der Waals surface area (Å²) < 4.78 is 51.4. The molecule has 0 fully saturated rings. The van der Waals surface area contributed by atoms with Crippen LogP contribution in [0.4, 0.5) is 16.4 Å². The Kier molecular flexibility index (Phi) is 2.87. The van der Waals surface area contributed by atoms with E-state index in [-0.39, 0.29) is 10.4 Å². The van der Waals surface area contributed by atoms with E-state index in [0.717, 1.165) is 37.4 Å². The molecule has 1 rings (SSSR count). The number of hydrogen-bond acceptors (Lipinski definition) is 0. The standard InChI is InChI=1S/C8H10F4Si2/c1-13(9,10)7-3-5-8(6-4-7)14(2,11)12/h3-6H,1-2H3. The Morgan fingerprint density at radius 1 is 0.714 bits per heavy atom. The zero-order chi connectivity index (χ0) is 11.0. The third-order valence-corrected chi connectivity index (χ3v) is 4.59. The molecule has 0 aliphatic heterocycles. The Bertz CT molecular complexity index is 277. The Hall–Kier alpha value is -0.626. The maximum Gasteiger partial charge on any atom is 0.452 e. The molecule has 0 aliphatic carbocycles. The summed E-state index contributed by atoms with van der Waals surface area (Å²) in [6, 6.07) is 4.47. The van der Waals surface area contributed by atoms with Crippen molar-refractivity contribution in [2.45, 2.75) is 13.1 Å². The number of benzene rings is 1. The Balaban J connectivity index is 3.02. The molecule has 78 valence electrons. The molecule has 0 atom stereocenters. The fourth-order valence-corrected chi connectivity index (χ4v) is 2.56. The molecule has 0 saturated carbocycles. The predicted octanol–water partition coefficient (Wildman–Crippen LogP) is 2.12. The van der Waals surface area contributed by atoms with Crippen molar-refractivity contribution in [3.05, 3.63) is 24.3 Å². The first-order valence-electron chi connectivity index (χ1n) is 4.08. The van der Waals surface area contributed by atoms with E-state index >= 15 is 0 Å². The Morgan fingerprint density at radius 3 is 1.07 bits per heavy atom. The highest BCUT2D eigenvalue weighted by Gasteiger charge is 2.34. The Labute approximate surface area is 82.3 Å². The van der Waals surface area contributed by atoms with Gasteiger partial charge >= 0.3 is 17.5 Å². The van der Waals surface area contributed by atoms with Crippen LogP contribution in [0, 0.1) is 0 Å². The second-order valence-corrected chi connectivity index (χ2v) is 8.06. The average Bonchev–Trinajstić information content (AvgIpc) is 2.01. The van der Waals surface area contributed by atoms with Crippen molar-refractivity contribution in [2.24, 2.45) is 0 Å². The fourth-order valence-electron chi connectivity index (χ4n) is 1.06. The second-order valence-electron chi connectivity index (χ2n) is 3.35. The van der Waals surface area contributed by atoms with Crippen molar-refractivity contribution in [3.63, 3.8) is 0 Å². The van der Waals surface area contributed by atoms with Gasteiger partial charge < -0.3 is 0 Å². The SMILES string of the molecule is C[Si](F)(F)c1ccc([Si](C)(F)F)cc1. The minimum atomic E-state index is -4.34. The lowest BCUT2D eigenvalue weighted by molar-refractivity contribution is 0.638. The lowest BCUT2D eigenvalue weighted by atomic mass is 10.4. The summed E-state index contributed by atoms with van der Waals surface area (Å²) >= 11 is 0. The van der Waals surface area contributed by atoms with Crippen molar-refractivity contribution in [3.8, 4) is 0 Å². The third kappa shape index (κ3) is 2.68. The molecule has 0 aromatic heterocycles. The quantitative estimate of drug-likeness (QED) is 0.420. The minimum Gasteiger partial charge on any atom is -0.265 e. The first-order valence-corrected chi connectivity index (χ1v) is 8.59. The van der Waals surface area contributed by atoms with E-state index in [0.29, 0.717) is 0 Å². The molecular weight excluding hydrogens is 228 g/mol. The summed E-state index contributed by atoms with van der Waals surface area (Å²) in [4.78, 5) is 0. The van der Waals surface area contributed by atoms with E-state index < -0.39 is 17.5 Å². The van der Waals surface area contributed by atoms with Crippen molar-refractivity contribution < 1.29 is 16.4 Å². The molecule has 0 saturated heterocycles. The normalized spacial score (nSPS) is 13.0. The Morgan fingerprint density at radius 2 is 0.929 bits per heavy atom. The van der Waals surface area contributed by atoms with E-state index in [1.165, 1.54) is 0 Å². The summed E-state index contributed by atoms with van der Waals surface area (Å²) in [7, 11) is -8.69. The minimum absolute atomic E-state index is 0.0977. The van der Waals surface area contributed by atoms with Crippen LogP contribution in [0.25, 0.3) is 0 Å². The van der Waals surface area contributed by atoms with Crippen LogP contribution in [0.15, 0.2) is 24.3 Å². The first-order chi connectivity index (χ1) is 6.21. The van der Waals surface area contributed by atoms with Crippen LogP contribution in [0.1, 0.15) is 0 Å². The van der Waals surface area contributed by atoms with Crippen molar-refractivity contribution in [2.75, 3.05) is 0 Å². The average molecular weight is 238 g/mol. The molecule has 14 heavy (non-hydrogen) atoms. The van der Waals surface area contributed by atoms with Gasteiger partial charge in [-0.05, 0) is 13.1 Å². The van der Waals surface area contributed by atoms with Crippen LogP contribution in [-0.4, -0.2) is 17.5 Å². The monoisotopic (exact) mass is 238 g/mol. The molecule has 0 N–H and O–H groups in total. The molecule has 1 aromatic rings. The van der Waals surface area contributed by atoms with Gasteiger partial charge in [-0.3, -0.25) is 16.4 Å². The third-order valence-electron chi connectivity index (χ3n) is 1.90. The smallest absolute Gasteiger partial charge is 0.265 e. The van der Waals surface area contributed by atoms with Crippen LogP contribution >= 0.6 is 0 Å². The molecule has 6 heteroatoms. The summed E-state index contributed by atoms with van der Waals surface area (Å²) in [6.45, 7) is 1.76. The zero-order valence-corrected chi connectivity index (χ0v) is 9.82. The van der Waals surface area contributed by atoms with E-state index in [1.54, 1.807) is 0 Å². The van der Waals surface area contributed by atoms with Gasteiger partial charge in [-0.15, -0.1) is 0 Å². The van der Waals surface area contributed by atoms with Crippen molar-refractivity contribution in [1.29, 1.82) is 0 Å². The molecule has 1 aromatic carbocycles. The van der Waals surface area contributed by atoms with Crippen molar-refractivity contribution in [1.82, 2.24) is 0 Å². The van der Waals surface area contributed by atoms with E-state index in [2.05, 4.69) is 0 Å². The van der Waals surface area contributed by atoms with Gasteiger partial charge in [0.25, 0.3) is 0 Å². The van der Waals surface area contributed by atoms with Crippen LogP contribution in [0.5, 0.6) is 0 Å². The highest BCUT2D eigenvalue weighted by atomic mass is 28.4. The molecular formula is C8H10F4Si2. The van der Waals surface area contributed by atoms with E-state index in [1.807, 2.05) is 0 Å². The van der Waals surface area contributed by atoms with E-state index in [4.69, 9.17) is 0 Å². The first kappa shape index (κ1) is 11.4. The number of rotatable bonds is 2. The zero-order valence-electron chi connectivity index (χ0n) is 7.82. The van der Waals surface area contributed by atoms with Crippen molar-refractivity contribution >= 4 is 27.9 Å². The number of hydrogen-bond donors (Lipinski definition) is 0. The van der Waals surface area contributed by atoms with Crippen LogP contribution in [0.3, 0.4) is 0 Å². The largest absolute Gasteiger partial charge is 0.452 e. The summed E-state index contributed by atoms with van der Waals surface area (Å²) in [5.41, 5.74) is 0. The van der Waals surface area contributed by atoms with Gasteiger partial charge in [0.2, 0.25) is 0 Å². The van der Waals surface area contributed by atoms with Gasteiger partial charge in [0.15, 0.2) is 0 Å². The molecule has 0 radical (unpaired) electrons. The van der Waals surface area contributed by atoms with Crippen LogP contribution in [0.2, 0.25) is 13.1 Å². The highest BCUT2D eigenvalue weighted by Crippen LogP contribution is 2.09. The summed E-state index contributed by atoms with van der Waals surface area (Å²) in [5.74, 6) is 0. The van der Waals surface area contributed by atoms with Crippen LogP contribution in [-0.2, 0) is 0 Å². The maximum absolute atomic E-state index is 12.8. The molecule has 0 aliphatic rings. The lowest BCUT2D eigenvalue weighted by Gasteiger charge is -2.10. The topological polar surface area (TPSA) is 0 Å². The van der Waals surface area contributed by atoms with Gasteiger partial charge in [0.1, 0.15) is 0 Å². The van der Waals surface area contributed by atoms with Gasteiger partial charge in [-0.1, -0.05) is 24.3 Å². The second kappa shape index (κ2) is 3.50. The van der Waals surface area contributed by atoms with Gasteiger partial charge in [0, 0.05) is 10.4 Å². The van der Waals surface area contributed by atoms with Gasteiger partial charge in [0.05, 0.1) is 0 Å². The van der Waals surface area contributed by atoms with Crippen LogP contribution < -0.4 is 10.4 Å². The molecule has 0 unspecified atom stereocenters. The molecule has 0 nitrogen and oxygen atoms in total. The highest BCUT2D eigenvalue weighted by molar-refractivity contribution is 6.80. The van der Waals surface area contributed by atoms with Gasteiger partial charge in [-0.2, -0.15) is 0 Å². The summed E-state index contributed by atoms with van der Waals surface area (Å²) in [6.07, 6.45) is 0. The van der Waals surface area contributed by atoms with E-state index in [9.17, 15) is 16.4 Å². The number of halogens is 4. The molecule has 0 heterocycles. The van der Waals surface area contributed by atoms with Gasteiger partial charge in [-0.25, -0.2) is 0 Å². The molecule has 0 bridgehead atoms. The maximum atomic E-state index is 12.8. The molecule has 0 amide bonds. The lowest BCUT2D eigenvalue weighted by Crippen LogP contribution is -2.39. The fraction of sp³-hybridized carbons (Fsp3) is 0.250. The molecule has 0 spiro atoms. The predicted molar refractivity (Wildman–Crippen MR) is 53.4 cm³/mol. The summed E-state index contributed by atoms with van der Waals surface area (Å²) in [5, 5.41) is -0.195.